The van der Waals surface area contributed by atoms with Crippen LogP contribution in [0.5, 0.6) is 0 Å². The highest BCUT2D eigenvalue weighted by Gasteiger charge is 2.16. The van der Waals surface area contributed by atoms with Crippen LogP contribution in [0, 0.1) is 18.6 Å². The Morgan fingerprint density at radius 3 is 2.50 bits per heavy atom. The van der Waals surface area contributed by atoms with Gasteiger partial charge >= 0.3 is 0 Å². The van der Waals surface area contributed by atoms with E-state index in [4.69, 9.17) is 0 Å². The number of rotatable bonds is 5. The number of benzene rings is 2. The molecule has 2 aromatic carbocycles. The molecular weight excluding hydrogens is 256 g/mol. The molecule has 0 saturated heterocycles. The van der Waals surface area contributed by atoms with E-state index in [9.17, 15) is 8.78 Å². The number of nitrogens with one attached hydrogen (secondary N) is 1. The topological polar surface area (TPSA) is 12.0 Å². The Morgan fingerprint density at radius 2 is 1.80 bits per heavy atom. The second-order valence-corrected chi connectivity index (χ2v) is 4.94. The first-order valence-electron chi connectivity index (χ1n) is 6.86. The van der Waals surface area contributed by atoms with Crippen LogP contribution in [0.2, 0.25) is 0 Å². The van der Waals surface area contributed by atoms with Crippen LogP contribution in [0.3, 0.4) is 0 Å². The lowest BCUT2D eigenvalue weighted by Crippen LogP contribution is -2.24. The lowest BCUT2D eigenvalue weighted by atomic mass is 9.94. The average molecular weight is 275 g/mol. The molecule has 0 aliphatic rings. The molecule has 0 heterocycles. The van der Waals surface area contributed by atoms with Crippen LogP contribution < -0.4 is 5.32 Å². The smallest absolute Gasteiger partial charge is 0.123 e. The van der Waals surface area contributed by atoms with Gasteiger partial charge in [0, 0.05) is 0 Å². The standard InChI is InChI=1S/C17H19F2N/c1-3-9-20-17(13-5-4-6-14(18)10-13)16-11-15(19)8-7-12(16)2/h4-8,10-11,17,20H,3,9H2,1-2H3. The number of aryl methyl sites for hydroxylation is 1. The summed E-state index contributed by atoms with van der Waals surface area (Å²) in [5.41, 5.74) is 2.65. The number of hydrogen-bond acceptors (Lipinski definition) is 1. The molecule has 0 aliphatic heterocycles. The Labute approximate surface area is 118 Å². The van der Waals surface area contributed by atoms with E-state index in [1.807, 2.05) is 13.0 Å². The Balaban J connectivity index is 2.44. The van der Waals surface area contributed by atoms with Gasteiger partial charge in [-0.05, 0) is 60.8 Å². The maximum atomic E-state index is 13.5. The molecular formula is C17H19F2N. The molecule has 20 heavy (non-hydrogen) atoms. The lowest BCUT2D eigenvalue weighted by Gasteiger charge is -2.21. The predicted molar refractivity (Wildman–Crippen MR) is 77.7 cm³/mol. The van der Waals surface area contributed by atoms with Crippen LogP contribution in [0.15, 0.2) is 42.5 Å². The summed E-state index contributed by atoms with van der Waals surface area (Å²) >= 11 is 0. The van der Waals surface area contributed by atoms with Gasteiger partial charge in [0.15, 0.2) is 0 Å². The largest absolute Gasteiger partial charge is 0.306 e. The Kier molecular flexibility index (Phi) is 4.85. The molecule has 0 amide bonds. The normalized spacial score (nSPS) is 12.4. The maximum Gasteiger partial charge on any atom is 0.123 e. The summed E-state index contributed by atoms with van der Waals surface area (Å²) in [6.45, 7) is 4.79. The van der Waals surface area contributed by atoms with Gasteiger partial charge in [-0.15, -0.1) is 0 Å². The summed E-state index contributed by atoms with van der Waals surface area (Å²) in [4.78, 5) is 0. The van der Waals surface area contributed by atoms with Crippen molar-refractivity contribution in [3.63, 3.8) is 0 Å². The van der Waals surface area contributed by atoms with Gasteiger partial charge in [0.1, 0.15) is 11.6 Å². The Bertz CT molecular complexity index is 581. The molecule has 1 unspecified atom stereocenters. The first-order valence-corrected chi connectivity index (χ1v) is 6.86. The van der Waals surface area contributed by atoms with E-state index in [1.165, 1.54) is 24.3 Å². The van der Waals surface area contributed by atoms with E-state index in [0.717, 1.165) is 29.7 Å². The highest BCUT2D eigenvalue weighted by molar-refractivity contribution is 5.37. The third-order valence-electron chi connectivity index (χ3n) is 3.33. The van der Waals surface area contributed by atoms with Crippen molar-refractivity contribution in [1.29, 1.82) is 0 Å². The van der Waals surface area contributed by atoms with Crippen molar-refractivity contribution in [2.45, 2.75) is 26.3 Å². The molecule has 0 fully saturated rings. The maximum absolute atomic E-state index is 13.5. The zero-order valence-electron chi connectivity index (χ0n) is 11.8. The zero-order chi connectivity index (χ0) is 14.5. The third kappa shape index (κ3) is 3.42. The van der Waals surface area contributed by atoms with Crippen LogP contribution in [0.25, 0.3) is 0 Å². The summed E-state index contributed by atoms with van der Waals surface area (Å²) in [5, 5.41) is 3.36. The van der Waals surface area contributed by atoms with Crippen LogP contribution in [0.4, 0.5) is 8.78 Å². The van der Waals surface area contributed by atoms with E-state index >= 15 is 0 Å². The lowest BCUT2D eigenvalue weighted by molar-refractivity contribution is 0.575. The van der Waals surface area contributed by atoms with Gasteiger partial charge in [0.2, 0.25) is 0 Å². The minimum absolute atomic E-state index is 0.193. The molecule has 0 spiro atoms. The molecule has 1 nitrogen and oxygen atoms in total. The summed E-state index contributed by atoms with van der Waals surface area (Å²) in [6.07, 6.45) is 0.959. The van der Waals surface area contributed by atoms with Gasteiger partial charge in [-0.3, -0.25) is 0 Å². The van der Waals surface area contributed by atoms with Gasteiger partial charge in [-0.1, -0.05) is 25.1 Å². The van der Waals surface area contributed by atoms with E-state index in [-0.39, 0.29) is 17.7 Å². The molecule has 0 aliphatic carbocycles. The average Bonchev–Trinajstić information content (AvgIpc) is 2.43. The molecule has 2 rings (SSSR count). The minimum atomic E-state index is -0.278. The summed E-state index contributed by atoms with van der Waals surface area (Å²) in [6, 6.07) is 11.0. The van der Waals surface area contributed by atoms with E-state index < -0.39 is 0 Å². The first kappa shape index (κ1) is 14.7. The van der Waals surface area contributed by atoms with E-state index in [2.05, 4.69) is 12.2 Å². The summed E-state index contributed by atoms with van der Waals surface area (Å²) in [7, 11) is 0. The highest BCUT2D eigenvalue weighted by atomic mass is 19.1. The molecule has 0 bridgehead atoms. The first-order chi connectivity index (χ1) is 9.61. The highest BCUT2D eigenvalue weighted by Crippen LogP contribution is 2.26. The van der Waals surface area contributed by atoms with Crippen molar-refractivity contribution in [2.24, 2.45) is 0 Å². The van der Waals surface area contributed by atoms with Crippen molar-refractivity contribution in [2.75, 3.05) is 6.54 Å². The van der Waals surface area contributed by atoms with Crippen LogP contribution in [0.1, 0.15) is 36.1 Å². The Hall–Kier alpha value is -1.74. The fraction of sp³-hybridized carbons (Fsp3) is 0.294. The predicted octanol–water partition coefficient (Wildman–Crippen LogP) is 4.36. The molecule has 1 atom stereocenters. The van der Waals surface area contributed by atoms with Gasteiger partial charge in [-0.2, -0.15) is 0 Å². The molecule has 0 saturated carbocycles. The van der Waals surface area contributed by atoms with Crippen molar-refractivity contribution >= 4 is 0 Å². The van der Waals surface area contributed by atoms with Crippen molar-refractivity contribution < 1.29 is 8.78 Å². The zero-order valence-corrected chi connectivity index (χ0v) is 11.8. The van der Waals surface area contributed by atoms with Crippen LogP contribution >= 0.6 is 0 Å². The van der Waals surface area contributed by atoms with Crippen LogP contribution in [-0.4, -0.2) is 6.54 Å². The van der Waals surface area contributed by atoms with E-state index in [1.54, 1.807) is 12.1 Å². The van der Waals surface area contributed by atoms with Crippen molar-refractivity contribution in [3.05, 3.63) is 70.8 Å². The fourth-order valence-corrected chi connectivity index (χ4v) is 2.30. The van der Waals surface area contributed by atoms with Gasteiger partial charge in [0.05, 0.1) is 6.04 Å². The summed E-state index contributed by atoms with van der Waals surface area (Å²) in [5.74, 6) is -0.551. The molecule has 106 valence electrons. The quantitative estimate of drug-likeness (QED) is 0.854. The van der Waals surface area contributed by atoms with Gasteiger partial charge in [0.25, 0.3) is 0 Å². The Morgan fingerprint density at radius 1 is 1.05 bits per heavy atom. The third-order valence-corrected chi connectivity index (χ3v) is 3.33. The molecule has 2 aromatic rings. The van der Waals surface area contributed by atoms with Gasteiger partial charge < -0.3 is 5.32 Å². The second-order valence-electron chi connectivity index (χ2n) is 4.94. The van der Waals surface area contributed by atoms with Gasteiger partial charge in [-0.25, -0.2) is 8.78 Å². The van der Waals surface area contributed by atoms with Crippen molar-refractivity contribution in [1.82, 2.24) is 5.32 Å². The monoisotopic (exact) mass is 275 g/mol. The minimum Gasteiger partial charge on any atom is -0.306 e. The van der Waals surface area contributed by atoms with E-state index in [0.29, 0.717) is 0 Å². The molecule has 0 radical (unpaired) electrons. The van der Waals surface area contributed by atoms with Crippen LogP contribution in [-0.2, 0) is 0 Å². The summed E-state index contributed by atoms with van der Waals surface area (Å²) < 4.78 is 27.0. The van der Waals surface area contributed by atoms with Crippen molar-refractivity contribution in [3.8, 4) is 0 Å². The molecule has 3 heteroatoms. The fourth-order valence-electron chi connectivity index (χ4n) is 2.30. The number of halogens is 2. The number of hydrogen-bond donors (Lipinski definition) is 1. The SMILES string of the molecule is CCCNC(c1cccc(F)c1)c1cc(F)ccc1C. The molecule has 1 N–H and O–H groups in total. The molecule has 0 aromatic heterocycles. The second kappa shape index (κ2) is 6.62.